The van der Waals surface area contributed by atoms with Crippen molar-refractivity contribution in [3.05, 3.63) is 0 Å². The molecule has 0 aliphatic heterocycles. The summed E-state index contributed by atoms with van der Waals surface area (Å²) < 4.78 is 4.99. The van der Waals surface area contributed by atoms with Crippen molar-refractivity contribution in [2.45, 2.75) is 39.2 Å². The van der Waals surface area contributed by atoms with Crippen LogP contribution in [-0.4, -0.2) is 62.7 Å². The number of amides is 1. The Morgan fingerprint density at radius 1 is 1.18 bits per heavy atom. The zero-order valence-electron chi connectivity index (χ0n) is 12.0. The third kappa shape index (κ3) is 8.16. The number of rotatable bonds is 9. The summed E-state index contributed by atoms with van der Waals surface area (Å²) in [5.74, 6) is 0.202. The van der Waals surface area contributed by atoms with Crippen LogP contribution >= 0.6 is 0 Å². The number of unbranched alkanes of at least 4 members (excludes halogenated alkanes) is 2. The molecule has 0 radical (unpaired) electrons. The minimum absolute atomic E-state index is 0.202. The first-order chi connectivity index (χ1) is 7.99. The molecule has 17 heavy (non-hydrogen) atoms. The van der Waals surface area contributed by atoms with Gasteiger partial charge in [-0.3, -0.25) is 9.69 Å². The fourth-order valence-corrected chi connectivity index (χ4v) is 1.41. The number of carbonyl (C=O) groups is 1. The molecule has 0 aromatic carbocycles. The van der Waals surface area contributed by atoms with Crippen molar-refractivity contribution >= 4 is 5.91 Å². The van der Waals surface area contributed by atoms with Crippen molar-refractivity contribution in [2.24, 2.45) is 0 Å². The number of methoxy groups -OCH3 is 1. The molecule has 0 unspecified atom stereocenters. The Morgan fingerprint density at radius 3 is 2.35 bits per heavy atom. The second-order valence-electron chi connectivity index (χ2n) is 4.88. The van der Waals surface area contributed by atoms with E-state index in [9.17, 15) is 4.79 Å². The van der Waals surface area contributed by atoms with Gasteiger partial charge in [-0.1, -0.05) is 0 Å². The molecule has 4 heteroatoms. The van der Waals surface area contributed by atoms with Gasteiger partial charge >= 0.3 is 0 Å². The molecule has 0 aliphatic rings. The van der Waals surface area contributed by atoms with Crippen LogP contribution in [0.4, 0.5) is 0 Å². The largest absolute Gasteiger partial charge is 0.385 e. The molecule has 0 rings (SSSR count). The quantitative estimate of drug-likeness (QED) is 0.578. The molecule has 0 aliphatic carbocycles. The minimum atomic E-state index is 0.202. The Balaban J connectivity index is 3.67. The lowest BCUT2D eigenvalue weighted by atomic mass is 10.2. The van der Waals surface area contributed by atoms with Gasteiger partial charge in [0.05, 0.1) is 6.54 Å². The van der Waals surface area contributed by atoms with Crippen LogP contribution in [0.5, 0.6) is 0 Å². The molecule has 0 aromatic heterocycles. The monoisotopic (exact) mass is 244 g/mol. The highest BCUT2D eigenvalue weighted by Crippen LogP contribution is 2.00. The first-order valence-electron chi connectivity index (χ1n) is 6.42. The lowest BCUT2D eigenvalue weighted by Gasteiger charge is -2.24. The minimum Gasteiger partial charge on any atom is -0.385 e. The summed E-state index contributed by atoms with van der Waals surface area (Å²) in [6.07, 6.45) is 3.24. The van der Waals surface area contributed by atoms with Gasteiger partial charge in [0.1, 0.15) is 0 Å². The van der Waals surface area contributed by atoms with Gasteiger partial charge in [-0.15, -0.1) is 0 Å². The molecule has 0 saturated heterocycles. The van der Waals surface area contributed by atoms with Gasteiger partial charge in [0.25, 0.3) is 0 Å². The second-order valence-corrected chi connectivity index (χ2v) is 4.88. The molecule has 0 atom stereocenters. The number of hydrogen-bond acceptors (Lipinski definition) is 3. The van der Waals surface area contributed by atoms with Crippen LogP contribution in [0, 0.1) is 0 Å². The summed E-state index contributed by atoms with van der Waals surface area (Å²) >= 11 is 0. The molecule has 0 aromatic rings. The van der Waals surface area contributed by atoms with E-state index < -0.39 is 0 Å². The Kier molecular flexibility index (Phi) is 9.09. The Labute approximate surface area is 106 Å². The number of likely N-dealkylation sites (N-methyl/N-ethyl adjacent to an activating group) is 2. The Bertz CT molecular complexity index is 208. The van der Waals surface area contributed by atoms with Gasteiger partial charge in [-0.2, -0.15) is 0 Å². The smallest absolute Gasteiger partial charge is 0.236 e. The number of hydrogen-bond donors (Lipinski definition) is 0. The van der Waals surface area contributed by atoms with Crippen molar-refractivity contribution < 1.29 is 9.53 Å². The predicted molar refractivity (Wildman–Crippen MR) is 71.1 cm³/mol. The van der Waals surface area contributed by atoms with E-state index in [1.54, 1.807) is 7.11 Å². The fourth-order valence-electron chi connectivity index (χ4n) is 1.41. The Morgan fingerprint density at radius 2 is 1.82 bits per heavy atom. The highest BCUT2D eigenvalue weighted by Gasteiger charge is 2.12. The van der Waals surface area contributed by atoms with Crippen LogP contribution in [0.2, 0.25) is 0 Å². The van der Waals surface area contributed by atoms with Gasteiger partial charge in [-0.05, 0) is 40.2 Å². The third-order valence-corrected chi connectivity index (χ3v) is 3.03. The van der Waals surface area contributed by atoms with E-state index in [1.165, 1.54) is 0 Å². The lowest BCUT2D eigenvalue weighted by Crippen LogP contribution is -2.39. The summed E-state index contributed by atoms with van der Waals surface area (Å²) in [4.78, 5) is 15.7. The normalized spacial score (nSPS) is 11.2. The van der Waals surface area contributed by atoms with Gasteiger partial charge < -0.3 is 9.64 Å². The van der Waals surface area contributed by atoms with E-state index in [0.717, 1.165) is 32.4 Å². The predicted octanol–water partition coefficient (Wildman–Crippen LogP) is 1.60. The van der Waals surface area contributed by atoms with Gasteiger partial charge in [0.15, 0.2) is 0 Å². The molecule has 1 amide bonds. The molecule has 0 heterocycles. The van der Waals surface area contributed by atoms with Crippen molar-refractivity contribution in [1.82, 2.24) is 9.80 Å². The summed E-state index contributed by atoms with van der Waals surface area (Å²) in [5.41, 5.74) is 0. The standard InChI is InChI=1S/C13H28N2O2/c1-12(2)15(4)11-13(16)14(3)9-7-6-8-10-17-5/h12H,6-11H2,1-5H3. The van der Waals surface area contributed by atoms with Crippen LogP contribution in [0.3, 0.4) is 0 Å². The average Bonchev–Trinajstić information content (AvgIpc) is 2.28. The number of nitrogens with zero attached hydrogens (tertiary/aromatic N) is 2. The molecule has 0 bridgehead atoms. The summed E-state index contributed by atoms with van der Waals surface area (Å²) in [6.45, 7) is 6.35. The van der Waals surface area contributed by atoms with E-state index in [-0.39, 0.29) is 5.91 Å². The van der Waals surface area contributed by atoms with E-state index in [0.29, 0.717) is 12.6 Å². The fraction of sp³-hybridized carbons (Fsp3) is 0.923. The van der Waals surface area contributed by atoms with E-state index in [1.807, 2.05) is 19.0 Å². The zero-order valence-corrected chi connectivity index (χ0v) is 12.0. The highest BCUT2D eigenvalue weighted by molar-refractivity contribution is 5.77. The average molecular weight is 244 g/mol. The van der Waals surface area contributed by atoms with Crippen LogP contribution in [0.1, 0.15) is 33.1 Å². The summed E-state index contributed by atoms with van der Waals surface area (Å²) in [5, 5.41) is 0. The maximum Gasteiger partial charge on any atom is 0.236 e. The molecule has 0 fully saturated rings. The van der Waals surface area contributed by atoms with Crippen molar-refractivity contribution in [3.8, 4) is 0 Å². The number of ether oxygens (including phenoxy) is 1. The van der Waals surface area contributed by atoms with Crippen LogP contribution < -0.4 is 0 Å². The maximum atomic E-state index is 11.8. The summed E-state index contributed by atoms with van der Waals surface area (Å²) in [7, 11) is 5.58. The number of carbonyl (C=O) groups excluding carboxylic acids is 1. The van der Waals surface area contributed by atoms with E-state index in [4.69, 9.17) is 4.74 Å². The van der Waals surface area contributed by atoms with E-state index in [2.05, 4.69) is 18.7 Å². The van der Waals surface area contributed by atoms with Crippen LogP contribution in [0.15, 0.2) is 0 Å². The molecule has 0 spiro atoms. The van der Waals surface area contributed by atoms with E-state index >= 15 is 0 Å². The second kappa shape index (κ2) is 9.42. The SMILES string of the molecule is COCCCCCN(C)C(=O)CN(C)C(C)C. The Hall–Kier alpha value is -0.610. The van der Waals surface area contributed by atoms with Crippen molar-refractivity contribution in [2.75, 3.05) is 40.9 Å². The molecule has 4 nitrogen and oxygen atoms in total. The first kappa shape index (κ1) is 16.4. The van der Waals surface area contributed by atoms with Gasteiger partial charge in [-0.25, -0.2) is 0 Å². The molecule has 102 valence electrons. The third-order valence-electron chi connectivity index (χ3n) is 3.03. The molecule has 0 N–H and O–H groups in total. The lowest BCUT2D eigenvalue weighted by molar-refractivity contribution is -0.131. The van der Waals surface area contributed by atoms with Crippen molar-refractivity contribution in [1.29, 1.82) is 0 Å². The van der Waals surface area contributed by atoms with Gasteiger partial charge in [0, 0.05) is 33.4 Å². The molecular weight excluding hydrogens is 216 g/mol. The molecule has 0 saturated carbocycles. The highest BCUT2D eigenvalue weighted by atomic mass is 16.5. The molecular formula is C13H28N2O2. The van der Waals surface area contributed by atoms with Crippen LogP contribution in [-0.2, 0) is 9.53 Å². The summed E-state index contributed by atoms with van der Waals surface area (Å²) in [6, 6.07) is 0.411. The van der Waals surface area contributed by atoms with Crippen molar-refractivity contribution in [3.63, 3.8) is 0 Å². The van der Waals surface area contributed by atoms with Gasteiger partial charge in [0.2, 0.25) is 5.91 Å². The topological polar surface area (TPSA) is 32.8 Å². The van der Waals surface area contributed by atoms with Crippen LogP contribution in [0.25, 0.3) is 0 Å². The maximum absolute atomic E-state index is 11.8. The first-order valence-corrected chi connectivity index (χ1v) is 6.42. The zero-order chi connectivity index (χ0) is 13.3.